The second kappa shape index (κ2) is 4.23. The summed E-state index contributed by atoms with van der Waals surface area (Å²) >= 11 is 0. The van der Waals surface area contributed by atoms with Crippen molar-refractivity contribution in [1.82, 2.24) is 4.98 Å². The van der Waals surface area contributed by atoms with E-state index in [4.69, 9.17) is 5.73 Å². The van der Waals surface area contributed by atoms with Gasteiger partial charge in [-0.05, 0) is 11.6 Å². The summed E-state index contributed by atoms with van der Waals surface area (Å²) in [6.45, 7) is 5.91. The van der Waals surface area contributed by atoms with Crippen molar-refractivity contribution in [3.63, 3.8) is 0 Å². The smallest absolute Gasteiger partial charge is 0.264 e. The van der Waals surface area contributed by atoms with Gasteiger partial charge in [-0.25, -0.2) is 8.78 Å². The summed E-state index contributed by atoms with van der Waals surface area (Å²) in [5.74, 6) is 0. The summed E-state index contributed by atoms with van der Waals surface area (Å²) in [5, 5.41) is 0. The van der Waals surface area contributed by atoms with Crippen LogP contribution in [0.4, 0.5) is 8.78 Å². The third-order valence-corrected chi connectivity index (χ3v) is 2.25. The molecule has 0 aliphatic heterocycles. The van der Waals surface area contributed by atoms with Crippen LogP contribution in [-0.4, -0.2) is 4.98 Å². The second-order valence-corrected chi connectivity index (χ2v) is 4.52. The van der Waals surface area contributed by atoms with Gasteiger partial charge in [0.15, 0.2) is 0 Å². The highest BCUT2D eigenvalue weighted by Crippen LogP contribution is 2.27. The Bertz CT molecular complexity index is 343. The molecule has 0 saturated carbocycles. The Morgan fingerprint density at radius 3 is 2.40 bits per heavy atom. The van der Waals surface area contributed by atoms with Crippen LogP contribution in [0, 0.1) is 0 Å². The van der Waals surface area contributed by atoms with Crippen LogP contribution < -0.4 is 5.73 Å². The predicted molar refractivity (Wildman–Crippen MR) is 55.8 cm³/mol. The average molecular weight is 214 g/mol. The molecule has 0 saturated heterocycles. The summed E-state index contributed by atoms with van der Waals surface area (Å²) in [6, 6.07) is 1.45. The molecule has 4 heteroatoms. The van der Waals surface area contributed by atoms with E-state index in [0.717, 1.165) is 0 Å². The Kier molecular flexibility index (Phi) is 3.39. The van der Waals surface area contributed by atoms with Gasteiger partial charge in [-0.1, -0.05) is 20.8 Å². The van der Waals surface area contributed by atoms with Crippen molar-refractivity contribution in [2.45, 2.75) is 39.2 Å². The van der Waals surface area contributed by atoms with Crippen molar-refractivity contribution >= 4 is 0 Å². The number of aromatic nitrogens is 1. The van der Waals surface area contributed by atoms with E-state index in [9.17, 15) is 8.78 Å². The fourth-order valence-electron chi connectivity index (χ4n) is 1.28. The third-order valence-electron chi connectivity index (χ3n) is 2.25. The minimum absolute atomic E-state index is 0.00238. The normalized spacial score (nSPS) is 12.2. The summed E-state index contributed by atoms with van der Waals surface area (Å²) < 4.78 is 25.4. The van der Waals surface area contributed by atoms with Crippen molar-refractivity contribution < 1.29 is 8.78 Å². The van der Waals surface area contributed by atoms with Gasteiger partial charge in [0.05, 0.1) is 0 Å². The molecule has 15 heavy (non-hydrogen) atoms. The fraction of sp³-hybridized carbons (Fsp3) is 0.545. The molecule has 0 fully saturated rings. The minimum Gasteiger partial charge on any atom is -0.326 e. The summed E-state index contributed by atoms with van der Waals surface area (Å²) in [6.07, 6.45) is -1.05. The molecule has 1 rings (SSSR count). The van der Waals surface area contributed by atoms with E-state index >= 15 is 0 Å². The van der Waals surface area contributed by atoms with Crippen molar-refractivity contribution in [2.75, 3.05) is 0 Å². The Labute approximate surface area is 88.5 Å². The van der Waals surface area contributed by atoms with Gasteiger partial charge >= 0.3 is 0 Å². The molecule has 1 aromatic heterocycles. The van der Waals surface area contributed by atoms with Crippen LogP contribution in [0.15, 0.2) is 12.3 Å². The molecule has 0 bridgehead atoms. The lowest BCUT2D eigenvalue weighted by Gasteiger charge is -2.19. The first-order valence-corrected chi connectivity index (χ1v) is 4.83. The number of halogens is 2. The molecule has 84 valence electrons. The fourth-order valence-corrected chi connectivity index (χ4v) is 1.28. The van der Waals surface area contributed by atoms with E-state index in [1.54, 1.807) is 0 Å². The summed E-state index contributed by atoms with van der Waals surface area (Å²) in [4.78, 5) is 4.15. The largest absolute Gasteiger partial charge is 0.326 e. The van der Waals surface area contributed by atoms with Crippen molar-refractivity contribution in [1.29, 1.82) is 0 Å². The van der Waals surface area contributed by atoms with Gasteiger partial charge in [0, 0.05) is 29.4 Å². The Balaban J connectivity index is 3.22. The predicted octanol–water partition coefficient (Wildman–Crippen LogP) is 2.78. The second-order valence-electron chi connectivity index (χ2n) is 4.52. The van der Waals surface area contributed by atoms with Gasteiger partial charge in [0.1, 0.15) is 0 Å². The molecule has 2 nitrogen and oxygen atoms in total. The molecule has 1 aromatic rings. The topological polar surface area (TPSA) is 38.9 Å². The first-order valence-electron chi connectivity index (χ1n) is 4.83. The Morgan fingerprint density at radius 2 is 2.00 bits per heavy atom. The summed E-state index contributed by atoms with van der Waals surface area (Å²) in [7, 11) is 0. The number of nitrogens with zero attached hydrogens (tertiary/aromatic N) is 1. The van der Waals surface area contributed by atoms with E-state index < -0.39 is 6.43 Å². The maximum absolute atomic E-state index is 12.7. The third kappa shape index (κ3) is 2.72. The van der Waals surface area contributed by atoms with E-state index in [0.29, 0.717) is 11.3 Å². The van der Waals surface area contributed by atoms with Crippen LogP contribution >= 0.6 is 0 Å². The molecule has 0 aliphatic carbocycles. The van der Waals surface area contributed by atoms with Crippen LogP contribution in [0.3, 0.4) is 0 Å². The lowest BCUT2D eigenvalue weighted by molar-refractivity contribution is 0.150. The Hall–Kier alpha value is -1.03. The number of alkyl halides is 2. The molecule has 2 N–H and O–H groups in total. The van der Waals surface area contributed by atoms with Gasteiger partial charge in [-0.3, -0.25) is 4.98 Å². The van der Waals surface area contributed by atoms with Crippen LogP contribution in [0.5, 0.6) is 0 Å². The molecular weight excluding hydrogens is 198 g/mol. The summed E-state index contributed by atoms with van der Waals surface area (Å²) in [5.41, 5.74) is 6.22. The number of pyridine rings is 1. The van der Waals surface area contributed by atoms with Crippen molar-refractivity contribution in [3.8, 4) is 0 Å². The molecule has 1 heterocycles. The number of hydrogen-bond acceptors (Lipinski definition) is 2. The minimum atomic E-state index is -2.49. The molecule has 0 aromatic carbocycles. The van der Waals surface area contributed by atoms with Gasteiger partial charge < -0.3 is 5.73 Å². The molecule has 0 radical (unpaired) electrons. The van der Waals surface area contributed by atoms with E-state index in [-0.39, 0.29) is 17.5 Å². The highest BCUT2D eigenvalue weighted by atomic mass is 19.3. The van der Waals surface area contributed by atoms with Crippen LogP contribution in [-0.2, 0) is 12.0 Å². The molecular formula is C11H16F2N2. The average Bonchev–Trinajstić information content (AvgIpc) is 2.15. The van der Waals surface area contributed by atoms with Gasteiger partial charge in [-0.15, -0.1) is 0 Å². The lowest BCUT2D eigenvalue weighted by Crippen LogP contribution is -2.15. The zero-order valence-electron chi connectivity index (χ0n) is 9.22. The van der Waals surface area contributed by atoms with Gasteiger partial charge in [-0.2, -0.15) is 0 Å². The van der Waals surface area contributed by atoms with Crippen molar-refractivity contribution in [3.05, 3.63) is 29.1 Å². The van der Waals surface area contributed by atoms with Gasteiger partial charge in [0.25, 0.3) is 6.43 Å². The SMILES string of the molecule is CC(C)(C)c1cc(C(F)F)c(CN)cn1. The number of rotatable bonds is 2. The molecule has 0 aliphatic rings. The van der Waals surface area contributed by atoms with E-state index in [2.05, 4.69) is 4.98 Å². The maximum atomic E-state index is 12.7. The number of hydrogen-bond donors (Lipinski definition) is 1. The van der Waals surface area contributed by atoms with Crippen LogP contribution in [0.2, 0.25) is 0 Å². The van der Waals surface area contributed by atoms with E-state index in [1.807, 2.05) is 20.8 Å². The lowest BCUT2D eigenvalue weighted by atomic mass is 9.90. The van der Waals surface area contributed by atoms with Crippen LogP contribution in [0.25, 0.3) is 0 Å². The molecule has 0 atom stereocenters. The van der Waals surface area contributed by atoms with Crippen LogP contribution in [0.1, 0.15) is 44.0 Å². The standard InChI is InChI=1S/C11H16F2N2/c1-11(2,3)9-4-8(10(12)13)7(5-14)6-15-9/h4,6,10H,5,14H2,1-3H3. The van der Waals surface area contributed by atoms with Gasteiger partial charge in [0.2, 0.25) is 0 Å². The Morgan fingerprint density at radius 1 is 1.40 bits per heavy atom. The molecule has 0 amide bonds. The zero-order chi connectivity index (χ0) is 11.6. The first-order chi connectivity index (χ1) is 6.86. The highest BCUT2D eigenvalue weighted by Gasteiger charge is 2.20. The highest BCUT2D eigenvalue weighted by molar-refractivity contribution is 5.30. The maximum Gasteiger partial charge on any atom is 0.264 e. The zero-order valence-corrected chi connectivity index (χ0v) is 9.22. The monoisotopic (exact) mass is 214 g/mol. The van der Waals surface area contributed by atoms with E-state index in [1.165, 1.54) is 12.3 Å². The van der Waals surface area contributed by atoms with Crippen molar-refractivity contribution in [2.24, 2.45) is 5.73 Å². The molecule has 0 unspecified atom stereocenters. The quantitative estimate of drug-likeness (QED) is 0.822. The molecule has 0 spiro atoms. The first kappa shape index (κ1) is 12.0. The number of nitrogens with two attached hydrogens (primary N) is 1.